The highest BCUT2D eigenvalue weighted by Crippen LogP contribution is 2.43. The van der Waals surface area contributed by atoms with E-state index in [1.165, 1.54) is 6.92 Å². The molecule has 118 valence electrons. The van der Waals surface area contributed by atoms with Crippen LogP contribution in [0.25, 0.3) is 21.5 Å². The van der Waals surface area contributed by atoms with Crippen LogP contribution in [0.3, 0.4) is 0 Å². The van der Waals surface area contributed by atoms with E-state index in [4.69, 9.17) is 5.73 Å². The van der Waals surface area contributed by atoms with Crippen molar-refractivity contribution < 1.29 is 18.0 Å². The Bertz CT molecular complexity index is 901. The Morgan fingerprint density at radius 3 is 2.43 bits per heavy atom. The van der Waals surface area contributed by atoms with Gasteiger partial charge in [0.2, 0.25) is 0 Å². The van der Waals surface area contributed by atoms with Crippen molar-refractivity contribution in [3.05, 3.63) is 46.8 Å². The molecule has 0 saturated carbocycles. The molecule has 0 atom stereocenters. The number of Topliss-reactive ketones (excluding diaryl/α,β-unsaturated/α-hetero) is 1. The lowest BCUT2D eigenvalue weighted by molar-refractivity contribution is -0.136. The molecule has 0 fully saturated rings. The van der Waals surface area contributed by atoms with Crippen molar-refractivity contribution in [1.82, 2.24) is 4.98 Å². The summed E-state index contributed by atoms with van der Waals surface area (Å²) in [6, 6.07) is 9.54. The van der Waals surface area contributed by atoms with Crippen LogP contribution in [-0.4, -0.2) is 10.8 Å². The van der Waals surface area contributed by atoms with Crippen molar-refractivity contribution in [1.29, 1.82) is 0 Å². The van der Waals surface area contributed by atoms with E-state index >= 15 is 0 Å². The summed E-state index contributed by atoms with van der Waals surface area (Å²) in [5, 5.41) is -0.201. The molecule has 2 heterocycles. The molecule has 0 aliphatic rings. The molecule has 1 aromatic carbocycles. The molecule has 0 aliphatic heterocycles. The highest BCUT2D eigenvalue weighted by atomic mass is 32.1. The number of rotatable bonds is 2. The number of nitrogens with zero attached hydrogens (tertiary/aromatic N) is 1. The summed E-state index contributed by atoms with van der Waals surface area (Å²) in [6.07, 6.45) is -4.59. The van der Waals surface area contributed by atoms with Crippen LogP contribution in [0, 0.1) is 0 Å². The Balaban J connectivity index is 2.38. The SMILES string of the molecule is CC(=O)c1sc2nc(-c3ccccc3)cc(C(F)(F)F)c2c1N. The summed E-state index contributed by atoms with van der Waals surface area (Å²) < 4.78 is 40.3. The van der Waals surface area contributed by atoms with Crippen LogP contribution >= 0.6 is 11.3 Å². The molecule has 23 heavy (non-hydrogen) atoms. The van der Waals surface area contributed by atoms with E-state index in [1.54, 1.807) is 30.3 Å². The number of anilines is 1. The van der Waals surface area contributed by atoms with Crippen molar-refractivity contribution in [3.63, 3.8) is 0 Å². The number of nitrogen functional groups attached to an aromatic ring is 1. The third kappa shape index (κ3) is 2.68. The normalized spacial score (nSPS) is 11.8. The van der Waals surface area contributed by atoms with Crippen LogP contribution in [0.1, 0.15) is 22.2 Å². The second-order valence-electron chi connectivity index (χ2n) is 5.00. The van der Waals surface area contributed by atoms with Gasteiger partial charge >= 0.3 is 6.18 Å². The molecule has 0 spiro atoms. The minimum Gasteiger partial charge on any atom is -0.397 e. The quantitative estimate of drug-likeness (QED) is 0.686. The first-order valence-corrected chi connectivity index (χ1v) is 7.47. The molecule has 0 radical (unpaired) electrons. The molecule has 3 aromatic rings. The van der Waals surface area contributed by atoms with Crippen LogP contribution in [0.5, 0.6) is 0 Å². The summed E-state index contributed by atoms with van der Waals surface area (Å²) in [5.74, 6) is -0.375. The Labute approximate surface area is 133 Å². The fraction of sp³-hybridized carbons (Fsp3) is 0.125. The topological polar surface area (TPSA) is 56.0 Å². The smallest absolute Gasteiger partial charge is 0.397 e. The van der Waals surface area contributed by atoms with E-state index in [-0.39, 0.29) is 32.3 Å². The van der Waals surface area contributed by atoms with Gasteiger partial charge in [0, 0.05) is 17.9 Å². The summed E-state index contributed by atoms with van der Waals surface area (Å²) in [7, 11) is 0. The number of benzene rings is 1. The summed E-state index contributed by atoms with van der Waals surface area (Å²) >= 11 is 0.885. The summed E-state index contributed by atoms with van der Waals surface area (Å²) in [6.45, 7) is 1.27. The molecule has 0 amide bonds. The van der Waals surface area contributed by atoms with Crippen LogP contribution in [0.2, 0.25) is 0 Å². The maximum Gasteiger partial charge on any atom is 0.417 e. The Morgan fingerprint density at radius 1 is 1.22 bits per heavy atom. The number of alkyl halides is 3. The second-order valence-corrected chi connectivity index (χ2v) is 6.00. The Morgan fingerprint density at radius 2 is 1.87 bits per heavy atom. The molecule has 3 rings (SSSR count). The van der Waals surface area contributed by atoms with Gasteiger partial charge in [-0.25, -0.2) is 4.98 Å². The second kappa shape index (κ2) is 5.34. The van der Waals surface area contributed by atoms with Gasteiger partial charge in [-0.1, -0.05) is 30.3 Å². The first-order chi connectivity index (χ1) is 10.8. The highest BCUT2D eigenvalue weighted by molar-refractivity contribution is 7.21. The first-order valence-electron chi connectivity index (χ1n) is 6.65. The zero-order valence-corrected chi connectivity index (χ0v) is 12.8. The molecule has 0 aliphatic carbocycles. The van der Waals surface area contributed by atoms with E-state index in [1.807, 2.05) is 0 Å². The molecule has 0 saturated heterocycles. The van der Waals surface area contributed by atoms with E-state index < -0.39 is 11.7 Å². The van der Waals surface area contributed by atoms with Crippen LogP contribution in [0.15, 0.2) is 36.4 Å². The lowest BCUT2D eigenvalue weighted by atomic mass is 10.1. The number of thiophene rings is 1. The van der Waals surface area contributed by atoms with Crippen molar-refractivity contribution in [2.45, 2.75) is 13.1 Å². The fourth-order valence-corrected chi connectivity index (χ4v) is 3.38. The number of carbonyl (C=O) groups excluding carboxylic acids is 1. The summed E-state index contributed by atoms with van der Waals surface area (Å²) in [5.41, 5.74) is 5.51. The number of pyridine rings is 1. The largest absolute Gasteiger partial charge is 0.417 e. The molecule has 0 bridgehead atoms. The Kier molecular flexibility index (Phi) is 3.60. The average Bonchev–Trinajstić information content (AvgIpc) is 2.84. The first kappa shape index (κ1) is 15.5. The number of ketones is 1. The molecule has 2 N–H and O–H groups in total. The number of fused-ring (bicyclic) bond motifs is 1. The molecule has 2 aromatic heterocycles. The fourth-order valence-electron chi connectivity index (χ4n) is 2.36. The third-order valence-corrected chi connectivity index (χ3v) is 4.59. The van der Waals surface area contributed by atoms with Gasteiger partial charge in [0.25, 0.3) is 0 Å². The van der Waals surface area contributed by atoms with Crippen LogP contribution in [-0.2, 0) is 6.18 Å². The van der Waals surface area contributed by atoms with E-state index in [0.29, 0.717) is 5.56 Å². The number of aromatic nitrogens is 1. The number of halogens is 3. The number of hydrogen-bond donors (Lipinski definition) is 1. The van der Waals surface area contributed by atoms with E-state index in [2.05, 4.69) is 4.98 Å². The van der Waals surface area contributed by atoms with Gasteiger partial charge in [-0.3, -0.25) is 4.79 Å². The third-order valence-electron chi connectivity index (χ3n) is 3.39. The number of nitrogens with two attached hydrogens (primary N) is 1. The van der Waals surface area contributed by atoms with Gasteiger partial charge in [-0.15, -0.1) is 11.3 Å². The van der Waals surface area contributed by atoms with Gasteiger partial charge < -0.3 is 5.73 Å². The lowest BCUT2D eigenvalue weighted by Gasteiger charge is -2.11. The van der Waals surface area contributed by atoms with Crippen molar-refractivity contribution in [3.8, 4) is 11.3 Å². The lowest BCUT2D eigenvalue weighted by Crippen LogP contribution is -2.07. The minimum absolute atomic E-state index is 0.100. The van der Waals surface area contributed by atoms with Gasteiger partial charge in [0.15, 0.2) is 5.78 Å². The number of carbonyl (C=O) groups is 1. The predicted molar refractivity (Wildman–Crippen MR) is 84.5 cm³/mol. The zero-order valence-electron chi connectivity index (χ0n) is 11.9. The van der Waals surface area contributed by atoms with Gasteiger partial charge in [-0.05, 0) is 6.07 Å². The van der Waals surface area contributed by atoms with Crippen LogP contribution in [0.4, 0.5) is 18.9 Å². The molecule has 0 unspecified atom stereocenters. The summed E-state index contributed by atoms with van der Waals surface area (Å²) in [4.78, 5) is 16.1. The van der Waals surface area contributed by atoms with Gasteiger partial charge in [-0.2, -0.15) is 13.2 Å². The average molecular weight is 336 g/mol. The monoisotopic (exact) mass is 336 g/mol. The zero-order chi connectivity index (χ0) is 16.8. The highest BCUT2D eigenvalue weighted by Gasteiger charge is 2.36. The van der Waals surface area contributed by atoms with Crippen LogP contribution < -0.4 is 5.73 Å². The van der Waals surface area contributed by atoms with Crippen molar-refractivity contribution in [2.75, 3.05) is 5.73 Å². The maximum absolute atomic E-state index is 13.4. The van der Waals surface area contributed by atoms with Crippen molar-refractivity contribution >= 4 is 33.0 Å². The Hall–Kier alpha value is -2.41. The maximum atomic E-state index is 13.4. The van der Waals surface area contributed by atoms with E-state index in [0.717, 1.165) is 17.4 Å². The molecule has 7 heteroatoms. The van der Waals surface area contributed by atoms with Gasteiger partial charge in [0.1, 0.15) is 4.83 Å². The predicted octanol–water partition coefficient (Wildman–Crippen LogP) is 4.77. The van der Waals surface area contributed by atoms with Crippen molar-refractivity contribution in [2.24, 2.45) is 0 Å². The molecular formula is C16H11F3N2OS. The minimum atomic E-state index is -4.59. The molecular weight excluding hydrogens is 325 g/mol. The number of hydrogen-bond acceptors (Lipinski definition) is 4. The standard InChI is InChI=1S/C16H11F3N2OS/c1-8(22)14-13(20)12-10(16(17,18)19)7-11(21-15(12)23-14)9-5-3-2-4-6-9/h2-7H,20H2,1H3. The molecule has 3 nitrogen and oxygen atoms in total. The van der Waals surface area contributed by atoms with Gasteiger partial charge in [0.05, 0.1) is 21.8 Å². The van der Waals surface area contributed by atoms with E-state index in [9.17, 15) is 18.0 Å².